The van der Waals surface area contributed by atoms with Crippen molar-refractivity contribution in [2.45, 2.75) is 6.92 Å². The highest BCUT2D eigenvalue weighted by atomic mass is 19.1. The summed E-state index contributed by atoms with van der Waals surface area (Å²) in [5.41, 5.74) is 1.66. The number of nitriles is 1. The molecule has 90 valence electrons. The highest BCUT2D eigenvalue weighted by molar-refractivity contribution is 5.61. The lowest BCUT2D eigenvalue weighted by Crippen LogP contribution is -1.95. The summed E-state index contributed by atoms with van der Waals surface area (Å²) in [5, 5.41) is 11.4. The molecule has 0 aromatic heterocycles. The van der Waals surface area contributed by atoms with Crippen molar-refractivity contribution in [3.8, 4) is 6.07 Å². The molecule has 0 heterocycles. The minimum Gasteiger partial charge on any atom is -0.353 e. The van der Waals surface area contributed by atoms with Gasteiger partial charge in [0.05, 0.1) is 17.3 Å². The fourth-order valence-electron chi connectivity index (χ4n) is 1.65. The Balaban J connectivity index is 2.31. The number of benzene rings is 2. The van der Waals surface area contributed by atoms with Crippen molar-refractivity contribution in [1.82, 2.24) is 0 Å². The number of rotatable bonds is 2. The molecular formula is C14H10F2N2. The van der Waals surface area contributed by atoms with E-state index in [1.54, 1.807) is 13.0 Å². The first-order valence-corrected chi connectivity index (χ1v) is 5.32. The van der Waals surface area contributed by atoms with Crippen molar-refractivity contribution >= 4 is 11.4 Å². The highest BCUT2D eigenvalue weighted by Crippen LogP contribution is 2.22. The third-order valence-corrected chi connectivity index (χ3v) is 2.42. The molecule has 0 saturated carbocycles. The molecule has 0 atom stereocenters. The molecule has 2 rings (SSSR count). The first kappa shape index (κ1) is 12.1. The third-order valence-electron chi connectivity index (χ3n) is 2.42. The van der Waals surface area contributed by atoms with Crippen molar-refractivity contribution in [3.05, 3.63) is 59.2 Å². The molecule has 2 nitrogen and oxygen atoms in total. The lowest BCUT2D eigenvalue weighted by molar-refractivity contribution is 0.625. The topological polar surface area (TPSA) is 35.8 Å². The summed E-state index contributed by atoms with van der Waals surface area (Å²) in [6.07, 6.45) is 0. The van der Waals surface area contributed by atoms with Crippen LogP contribution < -0.4 is 5.32 Å². The zero-order valence-electron chi connectivity index (χ0n) is 9.67. The Morgan fingerprint density at radius 1 is 1.11 bits per heavy atom. The van der Waals surface area contributed by atoms with Gasteiger partial charge in [-0.1, -0.05) is 0 Å². The Morgan fingerprint density at radius 2 is 1.89 bits per heavy atom. The number of halogens is 2. The summed E-state index contributed by atoms with van der Waals surface area (Å²) in [6, 6.07) is 10.3. The van der Waals surface area contributed by atoms with Gasteiger partial charge in [-0.25, -0.2) is 8.78 Å². The average molecular weight is 244 g/mol. The van der Waals surface area contributed by atoms with Crippen molar-refractivity contribution < 1.29 is 8.78 Å². The summed E-state index contributed by atoms with van der Waals surface area (Å²) < 4.78 is 26.8. The lowest BCUT2D eigenvalue weighted by atomic mass is 10.2. The van der Waals surface area contributed by atoms with Crippen LogP contribution in [0.3, 0.4) is 0 Å². The average Bonchev–Trinajstić information content (AvgIpc) is 2.30. The van der Waals surface area contributed by atoms with E-state index in [1.165, 1.54) is 24.3 Å². The number of hydrogen-bond donors (Lipinski definition) is 1. The van der Waals surface area contributed by atoms with Crippen LogP contribution in [0.25, 0.3) is 0 Å². The molecule has 4 heteroatoms. The highest BCUT2D eigenvalue weighted by Gasteiger charge is 2.05. The summed E-state index contributed by atoms with van der Waals surface area (Å²) in [6.45, 7) is 1.75. The molecule has 0 bridgehead atoms. The van der Waals surface area contributed by atoms with Crippen LogP contribution in [0.4, 0.5) is 20.2 Å². The molecule has 0 fully saturated rings. The molecule has 1 N–H and O–H groups in total. The van der Waals surface area contributed by atoms with Crippen molar-refractivity contribution in [1.29, 1.82) is 5.26 Å². The SMILES string of the molecule is Cc1cc(F)cc(Nc2ccc(C#N)cc2F)c1. The maximum Gasteiger partial charge on any atom is 0.147 e. The molecule has 0 aliphatic rings. The molecular weight excluding hydrogens is 234 g/mol. The quantitative estimate of drug-likeness (QED) is 0.869. The van der Waals surface area contributed by atoms with Gasteiger partial charge in [0.25, 0.3) is 0 Å². The second-order valence-corrected chi connectivity index (χ2v) is 3.95. The summed E-state index contributed by atoms with van der Waals surface area (Å²) >= 11 is 0. The van der Waals surface area contributed by atoms with Crippen LogP contribution in [0.1, 0.15) is 11.1 Å². The van der Waals surface area contributed by atoms with Crippen LogP contribution in [0.5, 0.6) is 0 Å². The van der Waals surface area contributed by atoms with Crippen LogP contribution >= 0.6 is 0 Å². The number of hydrogen-bond acceptors (Lipinski definition) is 2. The molecule has 2 aromatic rings. The van der Waals surface area contributed by atoms with Gasteiger partial charge in [-0.2, -0.15) is 5.26 Å². The molecule has 0 unspecified atom stereocenters. The first-order valence-electron chi connectivity index (χ1n) is 5.32. The monoisotopic (exact) mass is 244 g/mol. The zero-order valence-corrected chi connectivity index (χ0v) is 9.67. The molecule has 0 spiro atoms. The second kappa shape index (κ2) is 4.84. The molecule has 0 aliphatic heterocycles. The van der Waals surface area contributed by atoms with Crippen LogP contribution in [-0.4, -0.2) is 0 Å². The minimum atomic E-state index is -0.545. The van der Waals surface area contributed by atoms with Gasteiger partial charge in [0.1, 0.15) is 11.6 Å². The van der Waals surface area contributed by atoms with E-state index in [0.29, 0.717) is 5.69 Å². The molecule has 2 aromatic carbocycles. The van der Waals surface area contributed by atoms with Crippen LogP contribution in [-0.2, 0) is 0 Å². The van der Waals surface area contributed by atoms with E-state index >= 15 is 0 Å². The van der Waals surface area contributed by atoms with E-state index in [9.17, 15) is 8.78 Å². The Hall–Kier alpha value is -2.41. The van der Waals surface area contributed by atoms with Gasteiger partial charge in [0.2, 0.25) is 0 Å². The van der Waals surface area contributed by atoms with Gasteiger partial charge in [0, 0.05) is 5.69 Å². The number of nitrogens with zero attached hydrogens (tertiary/aromatic N) is 1. The van der Waals surface area contributed by atoms with Gasteiger partial charge in [-0.3, -0.25) is 0 Å². The van der Waals surface area contributed by atoms with Crippen molar-refractivity contribution in [2.24, 2.45) is 0 Å². The largest absolute Gasteiger partial charge is 0.353 e. The molecule has 0 saturated heterocycles. The van der Waals surface area contributed by atoms with Crippen LogP contribution in [0.2, 0.25) is 0 Å². The zero-order chi connectivity index (χ0) is 13.1. The van der Waals surface area contributed by atoms with Gasteiger partial charge >= 0.3 is 0 Å². The maximum atomic E-state index is 13.6. The van der Waals surface area contributed by atoms with E-state index in [4.69, 9.17) is 5.26 Å². The summed E-state index contributed by atoms with van der Waals surface area (Å²) in [5.74, 6) is -0.928. The van der Waals surface area contributed by atoms with Gasteiger partial charge < -0.3 is 5.32 Å². The number of nitrogens with one attached hydrogen (secondary N) is 1. The van der Waals surface area contributed by atoms with Gasteiger partial charge in [-0.05, 0) is 48.9 Å². The normalized spacial score (nSPS) is 9.89. The fraction of sp³-hybridized carbons (Fsp3) is 0.0714. The number of aryl methyl sites for hydroxylation is 1. The summed E-state index contributed by atoms with van der Waals surface area (Å²) in [4.78, 5) is 0. The van der Waals surface area contributed by atoms with E-state index in [2.05, 4.69) is 5.32 Å². The van der Waals surface area contributed by atoms with Crippen LogP contribution in [0.15, 0.2) is 36.4 Å². The van der Waals surface area contributed by atoms with Crippen molar-refractivity contribution in [3.63, 3.8) is 0 Å². The molecule has 0 radical (unpaired) electrons. The van der Waals surface area contributed by atoms with E-state index in [0.717, 1.165) is 11.6 Å². The Labute approximate surface area is 103 Å². The Morgan fingerprint density at radius 3 is 2.50 bits per heavy atom. The molecule has 0 aliphatic carbocycles. The first-order chi connectivity index (χ1) is 8.58. The van der Waals surface area contributed by atoms with Crippen LogP contribution in [0, 0.1) is 29.9 Å². The molecule has 18 heavy (non-hydrogen) atoms. The third kappa shape index (κ3) is 2.64. The van der Waals surface area contributed by atoms with E-state index in [1.807, 2.05) is 6.07 Å². The smallest absolute Gasteiger partial charge is 0.147 e. The fourth-order valence-corrected chi connectivity index (χ4v) is 1.65. The van der Waals surface area contributed by atoms with Crippen molar-refractivity contribution in [2.75, 3.05) is 5.32 Å². The van der Waals surface area contributed by atoms with E-state index in [-0.39, 0.29) is 17.1 Å². The molecule has 0 amide bonds. The lowest BCUT2D eigenvalue weighted by Gasteiger charge is -2.08. The maximum absolute atomic E-state index is 13.6. The van der Waals surface area contributed by atoms with E-state index < -0.39 is 5.82 Å². The Bertz CT molecular complexity index is 610. The van der Waals surface area contributed by atoms with Gasteiger partial charge in [0.15, 0.2) is 0 Å². The Kier molecular flexibility index (Phi) is 3.24. The predicted octanol–water partition coefficient (Wildman–Crippen LogP) is 3.89. The standard InChI is InChI=1S/C14H10F2N2/c1-9-4-11(15)7-12(5-9)18-14-3-2-10(8-17)6-13(14)16/h2-7,18H,1H3. The number of anilines is 2. The summed E-state index contributed by atoms with van der Waals surface area (Å²) in [7, 11) is 0. The minimum absolute atomic E-state index is 0.207. The van der Waals surface area contributed by atoms with Gasteiger partial charge in [-0.15, -0.1) is 0 Å². The second-order valence-electron chi connectivity index (χ2n) is 3.95. The predicted molar refractivity (Wildman–Crippen MR) is 65.5 cm³/mol.